The third kappa shape index (κ3) is 4.17. The summed E-state index contributed by atoms with van der Waals surface area (Å²) in [5.74, 6) is 0.666. The van der Waals surface area contributed by atoms with Crippen LogP contribution in [0.4, 0.5) is 17.1 Å². The van der Waals surface area contributed by atoms with Crippen LogP contribution in [0.3, 0.4) is 0 Å². The van der Waals surface area contributed by atoms with Gasteiger partial charge in [0.1, 0.15) is 5.75 Å². The molecule has 0 spiro atoms. The van der Waals surface area contributed by atoms with Crippen molar-refractivity contribution in [3.63, 3.8) is 0 Å². The van der Waals surface area contributed by atoms with Gasteiger partial charge < -0.3 is 14.8 Å². The van der Waals surface area contributed by atoms with Crippen LogP contribution >= 0.6 is 11.0 Å². The summed E-state index contributed by atoms with van der Waals surface area (Å²) in [5.41, 5.74) is 2.25. The van der Waals surface area contributed by atoms with Crippen molar-refractivity contribution in [1.29, 1.82) is 0 Å². The number of hydrogen-bond acceptors (Lipinski definition) is 7. The SMILES string of the molecule is COc1cccc(N2c3ccccc3N(CC[C@@H](CNC3CC3)OC)S2(O)O)c1. The van der Waals surface area contributed by atoms with Gasteiger partial charge in [0.15, 0.2) is 0 Å². The second-order valence-corrected chi connectivity index (χ2v) is 9.19. The molecule has 8 heteroatoms. The molecule has 7 nitrogen and oxygen atoms in total. The molecule has 1 aliphatic carbocycles. The highest BCUT2D eigenvalue weighted by Gasteiger charge is 2.41. The first-order valence-electron chi connectivity index (χ1n) is 9.90. The Morgan fingerprint density at radius 3 is 2.55 bits per heavy atom. The quantitative estimate of drug-likeness (QED) is 0.556. The van der Waals surface area contributed by atoms with Crippen molar-refractivity contribution in [3.8, 4) is 5.75 Å². The van der Waals surface area contributed by atoms with Crippen LogP contribution in [0.5, 0.6) is 5.75 Å². The lowest BCUT2D eigenvalue weighted by Gasteiger charge is -2.44. The molecular weight excluding hydrogens is 390 g/mol. The molecule has 0 aromatic heterocycles. The standard InChI is InChI=1S/C21H29N3O4S/c1-27-18-7-5-6-17(14-18)24-21-9-4-3-8-20(21)23(29(24,25)26)13-12-19(28-2)15-22-16-10-11-16/h3-9,14,16,19,22,25-26H,10-13,15H2,1-2H3/t19-/m0/s1. The Balaban J connectivity index is 1.57. The number of nitrogens with one attached hydrogen (secondary N) is 1. The van der Waals surface area contributed by atoms with Gasteiger partial charge in [0, 0.05) is 32.3 Å². The van der Waals surface area contributed by atoms with Gasteiger partial charge in [-0.15, -0.1) is 0 Å². The van der Waals surface area contributed by atoms with Gasteiger partial charge in [-0.1, -0.05) is 18.2 Å². The van der Waals surface area contributed by atoms with E-state index in [4.69, 9.17) is 9.47 Å². The minimum atomic E-state index is -3.25. The molecule has 0 saturated heterocycles. The first kappa shape index (κ1) is 20.3. The lowest BCUT2D eigenvalue weighted by molar-refractivity contribution is 0.0963. The maximum atomic E-state index is 11.3. The highest BCUT2D eigenvalue weighted by molar-refractivity contribution is 8.27. The third-order valence-electron chi connectivity index (χ3n) is 5.40. The zero-order valence-corrected chi connectivity index (χ0v) is 17.6. The van der Waals surface area contributed by atoms with Crippen molar-refractivity contribution in [2.24, 2.45) is 0 Å². The van der Waals surface area contributed by atoms with Crippen molar-refractivity contribution >= 4 is 28.0 Å². The summed E-state index contributed by atoms with van der Waals surface area (Å²) < 4.78 is 36.8. The van der Waals surface area contributed by atoms with Crippen molar-refractivity contribution in [1.82, 2.24) is 5.32 Å². The Kier molecular flexibility index (Phi) is 5.89. The summed E-state index contributed by atoms with van der Waals surface area (Å²) in [7, 11) is 0.0525. The smallest absolute Gasteiger partial charge is 0.121 e. The van der Waals surface area contributed by atoms with E-state index in [1.807, 2.05) is 48.5 Å². The average Bonchev–Trinajstić information content (AvgIpc) is 3.52. The van der Waals surface area contributed by atoms with Crippen molar-refractivity contribution in [2.45, 2.75) is 31.4 Å². The Bertz CT molecular complexity index is 846. The molecule has 1 fully saturated rings. The fourth-order valence-corrected chi connectivity index (χ4v) is 5.40. The molecule has 0 amide bonds. The molecule has 3 N–H and O–H groups in total. The van der Waals surface area contributed by atoms with E-state index >= 15 is 0 Å². The normalized spacial score (nSPS) is 19.7. The lowest BCUT2D eigenvalue weighted by atomic mass is 10.2. The highest BCUT2D eigenvalue weighted by atomic mass is 32.3. The fraction of sp³-hybridized carbons (Fsp3) is 0.429. The molecule has 2 aromatic rings. The number of benzene rings is 2. The molecular formula is C21H29N3O4S. The van der Waals surface area contributed by atoms with Crippen molar-refractivity contribution in [2.75, 3.05) is 35.9 Å². The number of fused-ring (bicyclic) bond motifs is 1. The number of rotatable bonds is 9. The molecule has 0 bridgehead atoms. The monoisotopic (exact) mass is 419 g/mol. The number of ether oxygens (including phenoxy) is 2. The zero-order chi connectivity index (χ0) is 20.4. The molecule has 158 valence electrons. The van der Waals surface area contributed by atoms with E-state index in [0.29, 0.717) is 30.4 Å². The number of hydrogen-bond donors (Lipinski definition) is 3. The van der Waals surface area contributed by atoms with Gasteiger partial charge in [-0.3, -0.25) is 13.4 Å². The number of anilines is 3. The Morgan fingerprint density at radius 1 is 1.10 bits per heavy atom. The van der Waals surface area contributed by atoms with Crippen LogP contribution in [-0.4, -0.2) is 48.6 Å². The molecule has 1 saturated carbocycles. The number of methoxy groups -OCH3 is 2. The molecule has 29 heavy (non-hydrogen) atoms. The minimum absolute atomic E-state index is 0.0174. The van der Waals surface area contributed by atoms with Gasteiger partial charge in [-0.05, 0) is 54.5 Å². The molecule has 2 aromatic carbocycles. The van der Waals surface area contributed by atoms with E-state index in [1.165, 1.54) is 12.8 Å². The summed E-state index contributed by atoms with van der Waals surface area (Å²) >= 11 is 0. The van der Waals surface area contributed by atoms with Gasteiger partial charge >= 0.3 is 0 Å². The van der Waals surface area contributed by atoms with Gasteiger partial charge in [0.05, 0.1) is 30.3 Å². The van der Waals surface area contributed by atoms with Crippen LogP contribution in [0.2, 0.25) is 0 Å². The molecule has 2 aliphatic rings. The third-order valence-corrected chi connectivity index (χ3v) is 7.26. The molecule has 4 rings (SSSR count). The summed E-state index contributed by atoms with van der Waals surface area (Å²) in [4.78, 5) is 0. The van der Waals surface area contributed by atoms with E-state index in [0.717, 1.165) is 17.9 Å². The van der Waals surface area contributed by atoms with E-state index < -0.39 is 11.0 Å². The van der Waals surface area contributed by atoms with E-state index in [1.54, 1.807) is 22.8 Å². The van der Waals surface area contributed by atoms with Crippen LogP contribution in [-0.2, 0) is 4.74 Å². The summed E-state index contributed by atoms with van der Waals surface area (Å²) in [6.45, 7) is 1.25. The summed E-state index contributed by atoms with van der Waals surface area (Å²) in [6.07, 6.45) is 3.16. The predicted octanol–water partition coefficient (Wildman–Crippen LogP) is 4.39. The van der Waals surface area contributed by atoms with Gasteiger partial charge in [0.25, 0.3) is 0 Å². The molecule has 1 aliphatic heterocycles. The van der Waals surface area contributed by atoms with E-state index in [-0.39, 0.29) is 6.10 Å². The van der Waals surface area contributed by atoms with Gasteiger partial charge in [0.2, 0.25) is 0 Å². The van der Waals surface area contributed by atoms with Crippen LogP contribution < -0.4 is 18.7 Å². The van der Waals surface area contributed by atoms with Gasteiger partial charge in [-0.25, -0.2) is 4.31 Å². The van der Waals surface area contributed by atoms with Crippen LogP contribution in [0.1, 0.15) is 19.3 Å². The maximum absolute atomic E-state index is 11.3. The van der Waals surface area contributed by atoms with Crippen LogP contribution in [0.15, 0.2) is 48.5 Å². The Morgan fingerprint density at radius 2 is 1.86 bits per heavy atom. The van der Waals surface area contributed by atoms with Gasteiger partial charge in [-0.2, -0.15) is 0 Å². The topological polar surface area (TPSA) is 77.4 Å². The number of nitrogens with zero attached hydrogens (tertiary/aromatic N) is 2. The summed E-state index contributed by atoms with van der Waals surface area (Å²) in [6, 6.07) is 15.6. The molecule has 1 heterocycles. The van der Waals surface area contributed by atoms with Crippen LogP contribution in [0.25, 0.3) is 0 Å². The first-order chi connectivity index (χ1) is 14.0. The van der Waals surface area contributed by atoms with Crippen molar-refractivity contribution in [3.05, 3.63) is 48.5 Å². The van der Waals surface area contributed by atoms with E-state index in [2.05, 4.69) is 5.32 Å². The Hall–Kier alpha value is -1.97. The van der Waals surface area contributed by atoms with Crippen molar-refractivity contribution < 1.29 is 18.6 Å². The lowest BCUT2D eigenvalue weighted by Crippen LogP contribution is -2.36. The highest BCUT2D eigenvalue weighted by Crippen LogP contribution is 2.64. The van der Waals surface area contributed by atoms with E-state index in [9.17, 15) is 9.11 Å². The molecule has 0 unspecified atom stereocenters. The second-order valence-electron chi connectivity index (χ2n) is 7.41. The number of para-hydroxylation sites is 2. The molecule has 1 atom stereocenters. The summed E-state index contributed by atoms with van der Waals surface area (Å²) in [5, 5.41) is 3.48. The van der Waals surface area contributed by atoms with Crippen LogP contribution in [0, 0.1) is 0 Å². The maximum Gasteiger partial charge on any atom is 0.121 e. The minimum Gasteiger partial charge on any atom is -0.497 e. The average molecular weight is 420 g/mol. The largest absolute Gasteiger partial charge is 0.497 e. The molecule has 0 radical (unpaired) electrons. The second kappa shape index (κ2) is 8.41. The first-order valence-corrected chi connectivity index (χ1v) is 11.4. The zero-order valence-electron chi connectivity index (χ0n) is 16.8. The predicted molar refractivity (Wildman–Crippen MR) is 118 cm³/mol. The fourth-order valence-electron chi connectivity index (χ4n) is 3.62. The Labute approximate surface area is 173 Å².